The summed E-state index contributed by atoms with van der Waals surface area (Å²) in [5.74, 6) is -1.14. The van der Waals surface area contributed by atoms with E-state index in [2.05, 4.69) is 10.2 Å². The van der Waals surface area contributed by atoms with Gasteiger partial charge in [0.15, 0.2) is 5.65 Å². The molecule has 15 heavy (non-hydrogen) atoms. The van der Waals surface area contributed by atoms with Gasteiger partial charge in [0.2, 0.25) is 0 Å². The van der Waals surface area contributed by atoms with Gasteiger partial charge in [-0.25, -0.2) is 9.18 Å². The molecule has 6 heteroatoms. The summed E-state index contributed by atoms with van der Waals surface area (Å²) in [6, 6.07) is 1.09. The number of hydrogen-bond donors (Lipinski definition) is 0. The maximum atomic E-state index is 13.1. The number of nitrogens with zero attached hydrogens (tertiary/aromatic N) is 3. The molecule has 2 heterocycles. The molecule has 78 valence electrons. The number of ether oxygens (including phenoxy) is 1. The first-order chi connectivity index (χ1) is 7.22. The van der Waals surface area contributed by atoms with Crippen LogP contribution in [0.1, 0.15) is 17.3 Å². The molecule has 0 aliphatic rings. The summed E-state index contributed by atoms with van der Waals surface area (Å²) in [4.78, 5) is 11.4. The lowest BCUT2D eigenvalue weighted by atomic mass is 10.2. The summed E-state index contributed by atoms with van der Waals surface area (Å²) in [7, 11) is 0. The highest BCUT2D eigenvalue weighted by Gasteiger charge is 2.14. The summed E-state index contributed by atoms with van der Waals surface area (Å²) < 4.78 is 19.2. The Hall–Kier alpha value is -1.98. The molecular formula is C9H8FN3O2. The number of halogens is 1. The number of carbonyl (C=O) groups is 1. The number of esters is 1. The Bertz CT molecular complexity index is 509. The first kappa shape index (κ1) is 9.57. The van der Waals surface area contributed by atoms with Crippen LogP contribution in [0.2, 0.25) is 0 Å². The van der Waals surface area contributed by atoms with Crippen LogP contribution in [-0.4, -0.2) is 27.2 Å². The first-order valence-electron chi connectivity index (χ1n) is 4.38. The molecule has 0 saturated carbocycles. The van der Waals surface area contributed by atoms with Crippen LogP contribution >= 0.6 is 0 Å². The van der Waals surface area contributed by atoms with E-state index in [-0.39, 0.29) is 17.8 Å². The van der Waals surface area contributed by atoms with E-state index in [4.69, 9.17) is 4.74 Å². The third-order valence-electron chi connectivity index (χ3n) is 1.85. The first-order valence-corrected chi connectivity index (χ1v) is 4.38. The lowest BCUT2D eigenvalue weighted by Crippen LogP contribution is -2.07. The van der Waals surface area contributed by atoms with Crippen molar-refractivity contribution in [1.82, 2.24) is 14.6 Å². The Labute approximate surface area is 84.5 Å². The lowest BCUT2D eigenvalue weighted by Gasteiger charge is -2.02. The van der Waals surface area contributed by atoms with E-state index in [0.29, 0.717) is 0 Å². The van der Waals surface area contributed by atoms with Crippen LogP contribution in [0.5, 0.6) is 0 Å². The normalized spacial score (nSPS) is 10.5. The van der Waals surface area contributed by atoms with Gasteiger partial charge in [0.05, 0.1) is 6.61 Å². The molecule has 0 N–H and O–H groups in total. The molecule has 0 spiro atoms. The molecule has 5 nitrogen and oxygen atoms in total. The molecule has 2 aromatic rings. The molecule has 0 aliphatic heterocycles. The topological polar surface area (TPSA) is 56.5 Å². The third kappa shape index (κ3) is 1.65. The van der Waals surface area contributed by atoms with E-state index >= 15 is 0 Å². The Balaban J connectivity index is 2.57. The number of hydrogen-bond acceptors (Lipinski definition) is 4. The average Bonchev–Trinajstić information content (AvgIpc) is 2.64. The molecule has 0 amide bonds. The molecule has 2 rings (SSSR count). The van der Waals surface area contributed by atoms with Crippen molar-refractivity contribution in [2.24, 2.45) is 0 Å². The predicted molar refractivity (Wildman–Crippen MR) is 48.9 cm³/mol. The molecule has 0 fully saturated rings. The van der Waals surface area contributed by atoms with E-state index in [0.717, 1.165) is 6.07 Å². The van der Waals surface area contributed by atoms with E-state index in [1.54, 1.807) is 6.92 Å². The molecule has 0 aromatic carbocycles. The van der Waals surface area contributed by atoms with Crippen molar-refractivity contribution in [3.8, 4) is 0 Å². The van der Waals surface area contributed by atoms with Crippen LogP contribution in [0, 0.1) is 5.82 Å². The van der Waals surface area contributed by atoms with Crippen molar-refractivity contribution < 1.29 is 13.9 Å². The maximum absolute atomic E-state index is 13.1. The Kier molecular flexibility index (Phi) is 2.32. The van der Waals surface area contributed by atoms with Gasteiger partial charge < -0.3 is 4.74 Å². The minimum absolute atomic E-state index is 0.0781. The largest absolute Gasteiger partial charge is 0.462 e. The van der Waals surface area contributed by atoms with Crippen LogP contribution in [-0.2, 0) is 4.74 Å². The summed E-state index contributed by atoms with van der Waals surface area (Å²) in [5, 5.41) is 7.29. The quantitative estimate of drug-likeness (QED) is 0.693. The van der Waals surface area contributed by atoms with Gasteiger partial charge in [0.25, 0.3) is 0 Å². The minimum Gasteiger partial charge on any atom is -0.462 e. The second-order valence-electron chi connectivity index (χ2n) is 2.85. The highest BCUT2D eigenvalue weighted by molar-refractivity contribution is 5.95. The highest BCUT2D eigenvalue weighted by Crippen LogP contribution is 2.11. The summed E-state index contributed by atoms with van der Waals surface area (Å²) in [6.45, 7) is 1.91. The van der Waals surface area contributed by atoms with Crippen molar-refractivity contribution in [1.29, 1.82) is 0 Å². The number of carbonyl (C=O) groups excluding carboxylic acids is 1. The van der Waals surface area contributed by atoms with E-state index in [1.807, 2.05) is 0 Å². The fraction of sp³-hybridized carbons (Fsp3) is 0.222. The summed E-state index contributed by atoms with van der Waals surface area (Å²) in [6.07, 6.45) is 2.51. The molecule has 0 unspecified atom stereocenters. The molecule has 0 atom stereocenters. The third-order valence-corrected chi connectivity index (χ3v) is 1.85. The van der Waals surface area contributed by atoms with Crippen LogP contribution in [0.15, 0.2) is 18.6 Å². The van der Waals surface area contributed by atoms with Crippen molar-refractivity contribution in [3.63, 3.8) is 0 Å². The minimum atomic E-state index is -0.602. The second-order valence-corrected chi connectivity index (χ2v) is 2.85. The smallest absolute Gasteiger partial charge is 0.342 e. The van der Waals surface area contributed by atoms with E-state index in [1.165, 1.54) is 16.9 Å². The lowest BCUT2D eigenvalue weighted by molar-refractivity contribution is 0.0527. The average molecular weight is 209 g/mol. The van der Waals surface area contributed by atoms with Crippen molar-refractivity contribution >= 4 is 11.6 Å². The van der Waals surface area contributed by atoms with E-state index < -0.39 is 11.8 Å². The number of fused-ring (bicyclic) bond motifs is 1. The van der Waals surface area contributed by atoms with Gasteiger partial charge in [-0.3, -0.25) is 4.40 Å². The second kappa shape index (κ2) is 3.64. The van der Waals surface area contributed by atoms with Gasteiger partial charge in [-0.05, 0) is 13.0 Å². The van der Waals surface area contributed by atoms with Gasteiger partial charge in [-0.15, -0.1) is 10.2 Å². The van der Waals surface area contributed by atoms with Gasteiger partial charge in [-0.1, -0.05) is 0 Å². The maximum Gasteiger partial charge on any atom is 0.342 e. The highest BCUT2D eigenvalue weighted by atomic mass is 19.1. The van der Waals surface area contributed by atoms with Crippen molar-refractivity contribution in [2.75, 3.05) is 6.61 Å². The Morgan fingerprint density at radius 2 is 2.47 bits per heavy atom. The molecule has 0 radical (unpaired) electrons. The standard InChI is InChI=1S/C9H8FN3O2/c1-2-15-9(14)7-3-6(10)4-13-5-11-12-8(7)13/h3-5H,2H2,1H3. The zero-order chi connectivity index (χ0) is 10.8. The van der Waals surface area contributed by atoms with Crippen LogP contribution in [0.4, 0.5) is 4.39 Å². The molecular weight excluding hydrogens is 201 g/mol. The van der Waals surface area contributed by atoms with E-state index in [9.17, 15) is 9.18 Å². The van der Waals surface area contributed by atoms with Crippen LogP contribution in [0.25, 0.3) is 5.65 Å². The van der Waals surface area contributed by atoms with Crippen LogP contribution < -0.4 is 0 Å². The van der Waals surface area contributed by atoms with Crippen LogP contribution in [0.3, 0.4) is 0 Å². The molecule has 0 aliphatic carbocycles. The van der Waals surface area contributed by atoms with Crippen molar-refractivity contribution in [3.05, 3.63) is 30.0 Å². The van der Waals surface area contributed by atoms with Gasteiger partial charge in [0.1, 0.15) is 17.7 Å². The predicted octanol–water partition coefficient (Wildman–Crippen LogP) is 1.05. The van der Waals surface area contributed by atoms with Crippen molar-refractivity contribution in [2.45, 2.75) is 6.92 Å². The van der Waals surface area contributed by atoms with Gasteiger partial charge >= 0.3 is 5.97 Å². The summed E-state index contributed by atoms with van der Waals surface area (Å²) >= 11 is 0. The zero-order valence-corrected chi connectivity index (χ0v) is 7.98. The zero-order valence-electron chi connectivity index (χ0n) is 7.98. The van der Waals surface area contributed by atoms with Gasteiger partial charge in [0, 0.05) is 6.20 Å². The molecule has 0 bridgehead atoms. The summed E-state index contributed by atoms with van der Waals surface area (Å²) in [5.41, 5.74) is 0.365. The fourth-order valence-electron chi connectivity index (χ4n) is 1.26. The number of aromatic nitrogens is 3. The Morgan fingerprint density at radius 1 is 1.67 bits per heavy atom. The number of pyridine rings is 1. The molecule has 2 aromatic heterocycles. The Morgan fingerprint density at radius 3 is 3.20 bits per heavy atom. The fourth-order valence-corrected chi connectivity index (χ4v) is 1.26. The van der Waals surface area contributed by atoms with Gasteiger partial charge in [-0.2, -0.15) is 0 Å². The number of rotatable bonds is 2. The monoisotopic (exact) mass is 209 g/mol. The SMILES string of the molecule is CCOC(=O)c1cc(F)cn2cnnc12. The molecule has 0 saturated heterocycles.